The first-order valence-electron chi connectivity index (χ1n) is 24.8. The van der Waals surface area contributed by atoms with Gasteiger partial charge in [0.2, 0.25) is 0 Å². The first kappa shape index (κ1) is 57.5. The monoisotopic (exact) mass is 856 g/mol. The second-order valence-corrected chi connectivity index (χ2v) is 18.1. The molecule has 0 fully saturated rings. The van der Waals surface area contributed by atoms with E-state index < -0.39 is 26.5 Å². The highest BCUT2D eigenvalue weighted by Gasteiger charge is 2.26. The molecule has 9 nitrogen and oxygen atoms in total. The normalized spacial score (nSPS) is 13.4. The summed E-state index contributed by atoms with van der Waals surface area (Å²) in [5.41, 5.74) is 5.36. The molecule has 0 bridgehead atoms. The fraction of sp³-hybridized carbons (Fsp3) is 0.878. The number of rotatable bonds is 47. The molecule has 2 unspecified atom stereocenters. The summed E-state index contributed by atoms with van der Waals surface area (Å²) in [6, 6.07) is 0. The van der Waals surface area contributed by atoms with Crippen LogP contribution >= 0.6 is 7.82 Å². The Kier molecular flexibility index (Phi) is 44.8. The van der Waals surface area contributed by atoms with Crippen molar-refractivity contribution < 1.29 is 37.6 Å². The van der Waals surface area contributed by atoms with Gasteiger partial charge in [-0.15, -0.1) is 0 Å². The van der Waals surface area contributed by atoms with Gasteiger partial charge >= 0.3 is 19.8 Å². The van der Waals surface area contributed by atoms with Crippen LogP contribution in [0, 0.1) is 0 Å². The van der Waals surface area contributed by atoms with E-state index in [0.29, 0.717) is 6.42 Å². The average Bonchev–Trinajstić information content (AvgIpc) is 3.22. The maximum Gasteiger partial charge on any atom is 0.472 e. The zero-order valence-electron chi connectivity index (χ0n) is 38.5. The molecule has 0 rings (SSSR count). The second kappa shape index (κ2) is 46.0. The molecular weight excluding hydrogens is 762 g/mol. The molecule has 2 atom stereocenters. The predicted molar refractivity (Wildman–Crippen MR) is 247 cm³/mol. The lowest BCUT2D eigenvalue weighted by atomic mass is 10.0. The van der Waals surface area contributed by atoms with Gasteiger partial charge in [-0.2, -0.15) is 0 Å². The minimum Gasteiger partial charge on any atom is -0.462 e. The number of nitrogens with two attached hydrogens (primary N) is 1. The van der Waals surface area contributed by atoms with Gasteiger partial charge in [-0.1, -0.05) is 212 Å². The lowest BCUT2D eigenvalue weighted by molar-refractivity contribution is -0.161. The van der Waals surface area contributed by atoms with Crippen molar-refractivity contribution in [3.63, 3.8) is 0 Å². The highest BCUT2D eigenvalue weighted by atomic mass is 31.2. The van der Waals surface area contributed by atoms with Gasteiger partial charge in [-0.05, 0) is 44.9 Å². The van der Waals surface area contributed by atoms with E-state index in [1.54, 1.807) is 0 Å². The maximum absolute atomic E-state index is 12.6. The summed E-state index contributed by atoms with van der Waals surface area (Å²) in [5.74, 6) is -0.832. The van der Waals surface area contributed by atoms with Crippen LogP contribution in [0.15, 0.2) is 24.3 Å². The number of allylic oxidation sites excluding steroid dienone is 4. The van der Waals surface area contributed by atoms with E-state index in [1.807, 2.05) is 0 Å². The van der Waals surface area contributed by atoms with Crippen LogP contribution < -0.4 is 5.73 Å². The first-order chi connectivity index (χ1) is 28.8. The Morgan fingerprint density at radius 1 is 0.508 bits per heavy atom. The minimum atomic E-state index is -4.38. The zero-order valence-corrected chi connectivity index (χ0v) is 39.4. The molecule has 0 radical (unpaired) electrons. The van der Waals surface area contributed by atoms with Gasteiger partial charge in [0.15, 0.2) is 6.10 Å². The molecule has 0 spiro atoms. The zero-order chi connectivity index (χ0) is 43.2. The topological polar surface area (TPSA) is 134 Å². The third kappa shape index (κ3) is 45.8. The molecule has 348 valence electrons. The third-order valence-corrected chi connectivity index (χ3v) is 11.8. The molecule has 0 aromatic heterocycles. The van der Waals surface area contributed by atoms with E-state index in [4.69, 9.17) is 24.3 Å². The van der Waals surface area contributed by atoms with Crippen molar-refractivity contribution in [3.05, 3.63) is 24.3 Å². The molecule has 0 aliphatic rings. The van der Waals surface area contributed by atoms with E-state index in [1.165, 1.54) is 154 Å². The van der Waals surface area contributed by atoms with Gasteiger partial charge in [-0.25, -0.2) is 4.57 Å². The predicted octanol–water partition coefficient (Wildman–Crippen LogP) is 14.7. The molecule has 0 amide bonds. The summed E-state index contributed by atoms with van der Waals surface area (Å²) in [6.45, 7) is 3.74. The number of unbranched alkanes of at least 4 members (excludes halogenated alkanes) is 30. The van der Waals surface area contributed by atoms with Crippen LogP contribution in [0.1, 0.15) is 245 Å². The summed E-state index contributed by atoms with van der Waals surface area (Å²) >= 11 is 0. The number of phosphoric ester groups is 1. The van der Waals surface area contributed by atoms with Gasteiger partial charge in [0.05, 0.1) is 13.2 Å². The molecule has 59 heavy (non-hydrogen) atoms. The molecule has 0 saturated carbocycles. The largest absolute Gasteiger partial charge is 0.472 e. The molecule has 0 aromatic rings. The maximum atomic E-state index is 12.6. The van der Waals surface area contributed by atoms with E-state index in [-0.39, 0.29) is 38.6 Å². The highest BCUT2D eigenvalue weighted by molar-refractivity contribution is 7.47. The standard InChI is InChI=1S/C49H94NO8P/c1-3-5-7-9-11-13-15-17-19-21-22-23-24-25-26-28-29-31-33-35-37-39-41-48(51)55-45-47(46-57-59(53,54)56-44-43-50)58-49(52)42-40-38-36-34-32-30-27-20-18-16-14-12-10-8-6-4-2/h14,16,20,27,47H,3-13,15,17-19,21-26,28-46,50H2,1-2H3,(H,53,54)/b16-14-,27-20-. The summed E-state index contributed by atoms with van der Waals surface area (Å²) in [5, 5.41) is 0. The Balaban J connectivity index is 4.03. The Bertz CT molecular complexity index is 1020. The van der Waals surface area contributed by atoms with Crippen molar-refractivity contribution in [2.24, 2.45) is 5.73 Å². The van der Waals surface area contributed by atoms with Crippen LogP contribution in [-0.4, -0.2) is 49.3 Å². The molecule has 3 N–H and O–H groups in total. The van der Waals surface area contributed by atoms with Crippen LogP contribution in [0.3, 0.4) is 0 Å². The quantitative estimate of drug-likeness (QED) is 0.0265. The number of phosphoric acid groups is 1. The lowest BCUT2D eigenvalue weighted by Crippen LogP contribution is -2.29. The highest BCUT2D eigenvalue weighted by Crippen LogP contribution is 2.43. The van der Waals surface area contributed by atoms with Gasteiger partial charge in [0.1, 0.15) is 6.61 Å². The fourth-order valence-corrected chi connectivity index (χ4v) is 7.90. The van der Waals surface area contributed by atoms with E-state index in [2.05, 4.69) is 38.2 Å². The van der Waals surface area contributed by atoms with Crippen molar-refractivity contribution in [1.29, 1.82) is 0 Å². The van der Waals surface area contributed by atoms with Crippen LogP contribution in [-0.2, 0) is 32.7 Å². The van der Waals surface area contributed by atoms with Crippen molar-refractivity contribution in [2.75, 3.05) is 26.4 Å². The van der Waals surface area contributed by atoms with Gasteiger partial charge < -0.3 is 20.1 Å². The van der Waals surface area contributed by atoms with Crippen molar-refractivity contribution in [3.8, 4) is 0 Å². The van der Waals surface area contributed by atoms with Crippen molar-refractivity contribution >= 4 is 19.8 Å². The number of hydrogen-bond donors (Lipinski definition) is 2. The Labute approximate surface area is 363 Å². The van der Waals surface area contributed by atoms with Crippen LogP contribution in [0.5, 0.6) is 0 Å². The van der Waals surface area contributed by atoms with Crippen molar-refractivity contribution in [2.45, 2.75) is 251 Å². The first-order valence-corrected chi connectivity index (χ1v) is 26.3. The minimum absolute atomic E-state index is 0.0527. The Hall–Kier alpha value is -1.51. The average molecular weight is 856 g/mol. The van der Waals surface area contributed by atoms with E-state index in [0.717, 1.165) is 57.8 Å². The second-order valence-electron chi connectivity index (χ2n) is 16.7. The van der Waals surface area contributed by atoms with E-state index >= 15 is 0 Å². The van der Waals surface area contributed by atoms with Crippen LogP contribution in [0.2, 0.25) is 0 Å². The molecule has 0 heterocycles. The molecule has 0 aromatic carbocycles. The van der Waals surface area contributed by atoms with Gasteiger partial charge in [0.25, 0.3) is 0 Å². The van der Waals surface area contributed by atoms with Gasteiger partial charge in [-0.3, -0.25) is 18.6 Å². The summed E-state index contributed by atoms with van der Waals surface area (Å²) in [6.07, 6.45) is 50.7. The summed E-state index contributed by atoms with van der Waals surface area (Å²) < 4.78 is 32.9. The third-order valence-electron chi connectivity index (χ3n) is 10.8. The molecule has 10 heteroatoms. The number of hydrogen-bond acceptors (Lipinski definition) is 8. The SMILES string of the molecule is CCCCCC/C=C\C/C=C\CCCCCCCC(=O)OC(COC(=O)CCCCCCCCCCCCCCCCCCCCCCCC)COP(=O)(O)OCCN. The van der Waals surface area contributed by atoms with Gasteiger partial charge in [0, 0.05) is 19.4 Å². The summed E-state index contributed by atoms with van der Waals surface area (Å²) in [4.78, 5) is 35.0. The Morgan fingerprint density at radius 3 is 1.31 bits per heavy atom. The lowest BCUT2D eigenvalue weighted by Gasteiger charge is -2.19. The number of carbonyl (C=O) groups excluding carboxylic acids is 2. The van der Waals surface area contributed by atoms with E-state index in [9.17, 15) is 19.0 Å². The Morgan fingerprint density at radius 2 is 0.881 bits per heavy atom. The van der Waals surface area contributed by atoms with Crippen LogP contribution in [0.4, 0.5) is 0 Å². The molecule has 0 aliphatic carbocycles. The van der Waals surface area contributed by atoms with Crippen LogP contribution in [0.25, 0.3) is 0 Å². The molecule has 0 aliphatic heterocycles. The summed E-state index contributed by atoms with van der Waals surface area (Å²) in [7, 11) is -4.38. The number of ether oxygens (including phenoxy) is 2. The smallest absolute Gasteiger partial charge is 0.462 e. The fourth-order valence-electron chi connectivity index (χ4n) is 7.14. The number of esters is 2. The molecule has 0 saturated heterocycles. The number of carbonyl (C=O) groups is 2. The van der Waals surface area contributed by atoms with Crippen molar-refractivity contribution in [1.82, 2.24) is 0 Å². The molecular formula is C49H94NO8P.